The van der Waals surface area contributed by atoms with Crippen LogP contribution in [-0.4, -0.2) is 37.3 Å². The zero-order valence-corrected chi connectivity index (χ0v) is 19.5. The van der Waals surface area contributed by atoms with Crippen molar-refractivity contribution in [2.24, 2.45) is 0 Å². The maximum atomic E-state index is 9.34. The molecule has 2 aromatic heterocycles. The lowest BCUT2D eigenvalue weighted by atomic mass is 10.1. The lowest BCUT2D eigenvalue weighted by molar-refractivity contribution is 0.335. The van der Waals surface area contributed by atoms with Crippen molar-refractivity contribution in [2.45, 2.75) is 39.7 Å². The molecule has 2 N–H and O–H groups in total. The Labute approximate surface area is 186 Å². The van der Waals surface area contributed by atoms with Gasteiger partial charge in [-0.05, 0) is 43.3 Å². The fourth-order valence-corrected chi connectivity index (χ4v) is 3.52. The Balaban J connectivity index is 2.13. The summed E-state index contributed by atoms with van der Waals surface area (Å²) in [7, 11) is 2.70. The minimum atomic E-state index is -0.0983. The van der Waals surface area contributed by atoms with Crippen molar-refractivity contribution >= 4 is 26.7 Å². The van der Waals surface area contributed by atoms with E-state index in [1.54, 1.807) is 12.3 Å². The van der Waals surface area contributed by atoms with Crippen molar-refractivity contribution in [1.29, 1.82) is 0 Å². The first-order valence-electron chi connectivity index (χ1n) is 10.4. The molecule has 0 amide bonds. The SMILES string of the molecule is C=C(/C=C\n1c(C)nc(-c2ccc(P)cc2)c1-c1ccnc(NC(C)CCC)n1)CO. The fourth-order valence-electron chi connectivity index (χ4n) is 3.33. The van der Waals surface area contributed by atoms with E-state index in [1.165, 1.54) is 0 Å². The van der Waals surface area contributed by atoms with E-state index in [9.17, 15) is 5.11 Å². The van der Waals surface area contributed by atoms with Crippen LogP contribution < -0.4 is 10.6 Å². The second-order valence-electron chi connectivity index (χ2n) is 7.58. The molecule has 7 heteroatoms. The number of nitrogens with one attached hydrogen (secondary N) is 1. The smallest absolute Gasteiger partial charge is 0.223 e. The Morgan fingerprint density at radius 1 is 1.26 bits per heavy atom. The molecule has 31 heavy (non-hydrogen) atoms. The number of benzene rings is 1. The first kappa shape index (κ1) is 22.9. The highest BCUT2D eigenvalue weighted by Gasteiger charge is 2.19. The number of rotatable bonds is 9. The summed E-state index contributed by atoms with van der Waals surface area (Å²) in [5.74, 6) is 1.41. The zero-order valence-electron chi connectivity index (χ0n) is 18.3. The standard InChI is InChI=1S/C24H30N5OP/c1-5-6-17(3)26-24-25-13-11-21(28-24)23-22(19-7-9-20(31)10-8-19)27-18(4)29(23)14-12-16(2)15-30/h7-14,17,30H,2,5-6,15,31H2,1,3-4H3,(H,25,26,28)/b14-12-. The average molecular weight is 436 g/mol. The van der Waals surface area contributed by atoms with E-state index in [4.69, 9.17) is 9.97 Å². The van der Waals surface area contributed by atoms with Crippen molar-refractivity contribution < 1.29 is 5.11 Å². The second-order valence-corrected chi connectivity index (χ2v) is 8.25. The summed E-state index contributed by atoms with van der Waals surface area (Å²) in [6, 6.07) is 10.4. The summed E-state index contributed by atoms with van der Waals surface area (Å²) in [5, 5.41) is 13.8. The van der Waals surface area contributed by atoms with Crippen LogP contribution in [0.15, 0.2) is 54.8 Å². The number of aliphatic hydroxyl groups is 1. The van der Waals surface area contributed by atoms with Crippen molar-refractivity contribution in [1.82, 2.24) is 19.5 Å². The van der Waals surface area contributed by atoms with Gasteiger partial charge in [0.25, 0.3) is 0 Å². The first-order valence-corrected chi connectivity index (χ1v) is 11.0. The van der Waals surface area contributed by atoms with E-state index in [-0.39, 0.29) is 12.6 Å². The van der Waals surface area contributed by atoms with Crippen LogP contribution in [0.1, 0.15) is 32.5 Å². The first-order chi connectivity index (χ1) is 14.9. The van der Waals surface area contributed by atoms with Gasteiger partial charge in [0.15, 0.2) is 0 Å². The van der Waals surface area contributed by atoms with Gasteiger partial charge in [0, 0.05) is 24.0 Å². The van der Waals surface area contributed by atoms with Gasteiger partial charge in [0.1, 0.15) is 5.82 Å². The number of hydrogen-bond donors (Lipinski definition) is 2. The predicted molar refractivity (Wildman–Crippen MR) is 132 cm³/mol. The Bertz CT molecular complexity index is 1070. The maximum Gasteiger partial charge on any atom is 0.223 e. The minimum absolute atomic E-state index is 0.0983. The number of hydrogen-bond acceptors (Lipinski definition) is 5. The highest BCUT2D eigenvalue weighted by atomic mass is 31.0. The van der Waals surface area contributed by atoms with Gasteiger partial charge in [-0.1, -0.05) is 44.2 Å². The maximum absolute atomic E-state index is 9.34. The van der Waals surface area contributed by atoms with Crippen molar-refractivity contribution in [3.63, 3.8) is 0 Å². The van der Waals surface area contributed by atoms with E-state index in [2.05, 4.69) is 52.1 Å². The van der Waals surface area contributed by atoms with Gasteiger partial charge in [-0.15, -0.1) is 9.24 Å². The van der Waals surface area contributed by atoms with E-state index in [0.29, 0.717) is 11.5 Å². The number of aliphatic hydroxyl groups excluding tert-OH is 1. The fraction of sp³-hybridized carbons (Fsp3) is 0.292. The Hall–Kier alpha value is -2.82. The molecule has 3 rings (SSSR count). The number of aryl methyl sites for hydroxylation is 1. The molecule has 0 saturated carbocycles. The van der Waals surface area contributed by atoms with Crippen LogP contribution in [0.5, 0.6) is 0 Å². The van der Waals surface area contributed by atoms with Crippen LogP contribution in [0.3, 0.4) is 0 Å². The third-order valence-electron chi connectivity index (χ3n) is 4.93. The van der Waals surface area contributed by atoms with Gasteiger partial charge in [0.2, 0.25) is 5.95 Å². The molecule has 0 radical (unpaired) electrons. The lowest BCUT2D eigenvalue weighted by Gasteiger charge is -2.14. The normalized spacial score (nSPS) is 12.3. The quantitative estimate of drug-likeness (QED) is 0.384. The molecule has 1 aromatic carbocycles. The second kappa shape index (κ2) is 10.5. The number of anilines is 1. The largest absolute Gasteiger partial charge is 0.392 e. The average Bonchev–Trinajstić information content (AvgIpc) is 3.09. The molecule has 0 saturated heterocycles. The third kappa shape index (κ3) is 5.66. The highest BCUT2D eigenvalue weighted by molar-refractivity contribution is 7.27. The Morgan fingerprint density at radius 2 is 2.00 bits per heavy atom. The summed E-state index contributed by atoms with van der Waals surface area (Å²) in [6.45, 7) is 10.00. The summed E-state index contributed by atoms with van der Waals surface area (Å²) in [6.07, 6.45) is 7.57. The van der Waals surface area contributed by atoms with E-state index < -0.39 is 0 Å². The lowest BCUT2D eigenvalue weighted by Crippen LogP contribution is -2.16. The molecule has 2 atom stereocenters. The molecular formula is C24H30N5OP. The molecule has 6 nitrogen and oxygen atoms in total. The zero-order chi connectivity index (χ0) is 22.4. The van der Waals surface area contributed by atoms with Crippen molar-refractivity contribution in [3.8, 4) is 22.6 Å². The van der Waals surface area contributed by atoms with E-state index >= 15 is 0 Å². The summed E-state index contributed by atoms with van der Waals surface area (Å²) in [5.41, 5.74) is 4.10. The molecule has 2 heterocycles. The van der Waals surface area contributed by atoms with Gasteiger partial charge in [-0.25, -0.2) is 15.0 Å². The van der Waals surface area contributed by atoms with Crippen molar-refractivity contribution in [2.75, 3.05) is 11.9 Å². The number of nitrogens with zero attached hydrogens (tertiary/aromatic N) is 4. The van der Waals surface area contributed by atoms with Gasteiger partial charge in [0.05, 0.1) is 23.7 Å². The molecule has 0 bridgehead atoms. The summed E-state index contributed by atoms with van der Waals surface area (Å²) < 4.78 is 1.98. The molecule has 0 aliphatic heterocycles. The predicted octanol–water partition coefficient (Wildman–Crippen LogP) is 4.44. The number of imidazole rings is 1. The number of aromatic nitrogens is 4. The van der Waals surface area contributed by atoms with E-state index in [0.717, 1.165) is 46.6 Å². The van der Waals surface area contributed by atoms with E-state index in [1.807, 2.05) is 35.9 Å². The molecule has 0 fully saturated rings. The molecular weight excluding hydrogens is 405 g/mol. The Kier molecular flexibility index (Phi) is 7.72. The van der Waals surface area contributed by atoms with Crippen LogP contribution in [0.4, 0.5) is 5.95 Å². The highest BCUT2D eigenvalue weighted by Crippen LogP contribution is 2.32. The van der Waals surface area contributed by atoms with Gasteiger partial charge < -0.3 is 15.0 Å². The molecule has 0 spiro atoms. The summed E-state index contributed by atoms with van der Waals surface area (Å²) >= 11 is 0. The molecule has 3 aromatic rings. The van der Waals surface area contributed by atoms with Crippen LogP contribution in [0.2, 0.25) is 0 Å². The summed E-state index contributed by atoms with van der Waals surface area (Å²) in [4.78, 5) is 14.0. The monoisotopic (exact) mass is 435 g/mol. The van der Waals surface area contributed by atoms with Gasteiger partial charge in [-0.2, -0.15) is 0 Å². The third-order valence-corrected chi connectivity index (χ3v) is 5.31. The Morgan fingerprint density at radius 3 is 2.68 bits per heavy atom. The molecule has 0 aliphatic carbocycles. The molecule has 162 valence electrons. The topological polar surface area (TPSA) is 75.9 Å². The van der Waals surface area contributed by atoms with Crippen LogP contribution in [0.25, 0.3) is 28.8 Å². The van der Waals surface area contributed by atoms with Gasteiger partial charge >= 0.3 is 0 Å². The van der Waals surface area contributed by atoms with Crippen LogP contribution in [0, 0.1) is 6.92 Å². The molecule has 2 unspecified atom stereocenters. The van der Waals surface area contributed by atoms with Crippen LogP contribution in [-0.2, 0) is 0 Å². The van der Waals surface area contributed by atoms with Crippen molar-refractivity contribution in [3.05, 3.63) is 60.6 Å². The van der Waals surface area contributed by atoms with Crippen LogP contribution >= 0.6 is 9.24 Å². The van der Waals surface area contributed by atoms with Gasteiger partial charge in [-0.3, -0.25) is 0 Å². The molecule has 0 aliphatic rings. The minimum Gasteiger partial charge on any atom is -0.392 e.